The van der Waals surface area contributed by atoms with Gasteiger partial charge in [0.2, 0.25) is 0 Å². The van der Waals surface area contributed by atoms with Crippen LogP contribution in [0.5, 0.6) is 5.75 Å². The van der Waals surface area contributed by atoms with Crippen molar-refractivity contribution in [2.24, 2.45) is 5.73 Å². The van der Waals surface area contributed by atoms with Gasteiger partial charge in [-0.3, -0.25) is 0 Å². The largest absolute Gasteiger partial charge is 0.487 e. The first kappa shape index (κ1) is 15.6. The predicted molar refractivity (Wildman–Crippen MR) is 76.6 cm³/mol. The molecule has 0 saturated carbocycles. The second-order valence-electron chi connectivity index (χ2n) is 6.16. The Bertz CT molecular complexity index is 499. The lowest BCUT2D eigenvalue weighted by atomic mass is 10.2. The molecule has 0 radical (unpaired) electrons. The minimum atomic E-state index is -0.545. The number of amides is 1. The minimum Gasteiger partial charge on any atom is -0.487 e. The number of likely N-dealkylation sites (tertiary alicyclic amines) is 1. The standard InChI is InChI=1S/C15H21FN2O3/c1-15(2,3)21-14(19)18-8-12(17)13(9-18)20-11-6-4-10(16)5-7-11/h4-7,12-13H,8-9,17H2,1-3H3/t12-,13-/m0/s1. The Kier molecular flexibility index (Phi) is 4.37. The lowest BCUT2D eigenvalue weighted by molar-refractivity contribution is 0.0275. The quantitative estimate of drug-likeness (QED) is 0.908. The zero-order chi connectivity index (χ0) is 15.6. The van der Waals surface area contributed by atoms with E-state index in [0.717, 1.165) is 0 Å². The van der Waals surface area contributed by atoms with Crippen molar-refractivity contribution in [3.63, 3.8) is 0 Å². The summed E-state index contributed by atoms with van der Waals surface area (Å²) in [5.74, 6) is 0.205. The topological polar surface area (TPSA) is 64.8 Å². The Morgan fingerprint density at radius 1 is 1.29 bits per heavy atom. The Morgan fingerprint density at radius 2 is 1.90 bits per heavy atom. The lowest BCUT2D eigenvalue weighted by Crippen LogP contribution is -2.37. The summed E-state index contributed by atoms with van der Waals surface area (Å²) in [6.45, 7) is 6.17. The normalized spacial score (nSPS) is 22.2. The summed E-state index contributed by atoms with van der Waals surface area (Å²) in [4.78, 5) is 13.5. The van der Waals surface area contributed by atoms with Gasteiger partial charge in [-0.15, -0.1) is 0 Å². The number of halogens is 1. The maximum atomic E-state index is 12.9. The highest BCUT2D eigenvalue weighted by Crippen LogP contribution is 2.20. The van der Waals surface area contributed by atoms with Crippen LogP contribution in [0.1, 0.15) is 20.8 Å². The highest BCUT2D eigenvalue weighted by atomic mass is 19.1. The third-order valence-corrected chi connectivity index (χ3v) is 3.06. The number of hydrogen-bond acceptors (Lipinski definition) is 4. The van der Waals surface area contributed by atoms with Crippen molar-refractivity contribution in [3.8, 4) is 5.75 Å². The maximum absolute atomic E-state index is 12.9. The molecular formula is C15H21FN2O3. The summed E-state index contributed by atoms with van der Waals surface area (Å²) in [5.41, 5.74) is 5.46. The molecule has 0 aromatic heterocycles. The Labute approximate surface area is 123 Å². The van der Waals surface area contributed by atoms with Crippen LogP contribution in [-0.4, -0.2) is 41.8 Å². The van der Waals surface area contributed by atoms with E-state index in [1.54, 1.807) is 0 Å². The highest BCUT2D eigenvalue weighted by molar-refractivity contribution is 5.68. The number of nitrogens with zero attached hydrogens (tertiary/aromatic N) is 1. The van der Waals surface area contributed by atoms with Crippen molar-refractivity contribution in [2.45, 2.75) is 38.5 Å². The molecule has 2 atom stereocenters. The number of carbonyl (C=O) groups excluding carboxylic acids is 1. The SMILES string of the molecule is CC(C)(C)OC(=O)N1C[C@H](Oc2ccc(F)cc2)[C@@H](N)C1. The van der Waals surface area contributed by atoms with Gasteiger partial charge in [-0.1, -0.05) is 0 Å². The van der Waals surface area contributed by atoms with Crippen molar-refractivity contribution < 1.29 is 18.7 Å². The van der Waals surface area contributed by atoms with E-state index in [1.807, 2.05) is 20.8 Å². The van der Waals surface area contributed by atoms with E-state index in [9.17, 15) is 9.18 Å². The van der Waals surface area contributed by atoms with E-state index in [2.05, 4.69) is 0 Å². The van der Waals surface area contributed by atoms with Gasteiger partial charge in [0.1, 0.15) is 23.3 Å². The fraction of sp³-hybridized carbons (Fsp3) is 0.533. The van der Waals surface area contributed by atoms with Crippen LogP contribution >= 0.6 is 0 Å². The summed E-state index contributed by atoms with van der Waals surface area (Å²) in [5, 5.41) is 0. The van der Waals surface area contributed by atoms with Crippen LogP contribution in [0.2, 0.25) is 0 Å². The fourth-order valence-corrected chi connectivity index (χ4v) is 2.09. The molecule has 0 unspecified atom stereocenters. The van der Waals surface area contributed by atoms with Gasteiger partial charge in [-0.25, -0.2) is 9.18 Å². The number of nitrogens with two attached hydrogens (primary N) is 1. The molecule has 0 bridgehead atoms. The molecule has 1 heterocycles. The van der Waals surface area contributed by atoms with Gasteiger partial charge in [0, 0.05) is 6.54 Å². The molecule has 1 amide bonds. The molecule has 1 aromatic carbocycles. The van der Waals surface area contributed by atoms with Crippen molar-refractivity contribution in [1.82, 2.24) is 4.90 Å². The van der Waals surface area contributed by atoms with Gasteiger partial charge in [0.05, 0.1) is 12.6 Å². The fourth-order valence-electron chi connectivity index (χ4n) is 2.09. The summed E-state index contributed by atoms with van der Waals surface area (Å²) < 4.78 is 23.9. The molecule has 0 aliphatic carbocycles. The summed E-state index contributed by atoms with van der Waals surface area (Å²) in [6.07, 6.45) is -0.730. The van der Waals surface area contributed by atoms with Crippen molar-refractivity contribution >= 4 is 6.09 Å². The molecule has 116 valence electrons. The summed E-state index contributed by atoms with van der Waals surface area (Å²) in [7, 11) is 0. The Balaban J connectivity index is 1.94. The van der Waals surface area contributed by atoms with Crippen molar-refractivity contribution in [1.29, 1.82) is 0 Å². The van der Waals surface area contributed by atoms with E-state index in [-0.39, 0.29) is 18.0 Å². The van der Waals surface area contributed by atoms with Crippen LogP contribution in [0.4, 0.5) is 9.18 Å². The second kappa shape index (κ2) is 5.89. The average Bonchev–Trinajstić information content (AvgIpc) is 2.72. The third kappa shape index (κ3) is 4.32. The molecule has 2 N–H and O–H groups in total. The highest BCUT2D eigenvalue weighted by Gasteiger charge is 2.36. The first-order valence-electron chi connectivity index (χ1n) is 6.90. The van der Waals surface area contributed by atoms with E-state index in [0.29, 0.717) is 18.8 Å². The monoisotopic (exact) mass is 296 g/mol. The summed E-state index contributed by atoms with van der Waals surface area (Å²) in [6, 6.07) is 5.42. The van der Waals surface area contributed by atoms with Crippen LogP contribution in [-0.2, 0) is 4.74 Å². The smallest absolute Gasteiger partial charge is 0.410 e. The zero-order valence-corrected chi connectivity index (χ0v) is 12.5. The number of carbonyl (C=O) groups is 1. The first-order valence-corrected chi connectivity index (χ1v) is 6.90. The molecule has 1 aliphatic rings. The van der Waals surface area contributed by atoms with E-state index >= 15 is 0 Å². The van der Waals surface area contributed by atoms with Crippen LogP contribution in [0.15, 0.2) is 24.3 Å². The first-order chi connectivity index (χ1) is 9.74. The van der Waals surface area contributed by atoms with E-state index in [4.69, 9.17) is 15.2 Å². The predicted octanol–water partition coefficient (Wildman–Crippen LogP) is 2.15. The van der Waals surface area contributed by atoms with Gasteiger partial charge in [0.25, 0.3) is 0 Å². The van der Waals surface area contributed by atoms with Gasteiger partial charge in [0.15, 0.2) is 0 Å². The zero-order valence-electron chi connectivity index (χ0n) is 12.5. The van der Waals surface area contributed by atoms with Crippen LogP contribution < -0.4 is 10.5 Å². The average molecular weight is 296 g/mol. The van der Waals surface area contributed by atoms with Crippen LogP contribution in [0.3, 0.4) is 0 Å². The second-order valence-corrected chi connectivity index (χ2v) is 6.16. The molecule has 1 fully saturated rings. The van der Waals surface area contributed by atoms with Crippen molar-refractivity contribution in [3.05, 3.63) is 30.1 Å². The molecule has 1 saturated heterocycles. The molecule has 21 heavy (non-hydrogen) atoms. The summed E-state index contributed by atoms with van der Waals surface area (Å²) >= 11 is 0. The number of benzene rings is 1. The van der Waals surface area contributed by atoms with E-state index in [1.165, 1.54) is 29.2 Å². The van der Waals surface area contributed by atoms with Crippen LogP contribution in [0.25, 0.3) is 0 Å². The van der Waals surface area contributed by atoms with Crippen LogP contribution in [0, 0.1) is 5.82 Å². The molecule has 2 rings (SSSR count). The maximum Gasteiger partial charge on any atom is 0.410 e. The number of rotatable bonds is 2. The molecule has 1 aliphatic heterocycles. The Morgan fingerprint density at radius 3 is 2.48 bits per heavy atom. The molecule has 0 spiro atoms. The lowest BCUT2D eigenvalue weighted by Gasteiger charge is -2.24. The third-order valence-electron chi connectivity index (χ3n) is 3.06. The number of hydrogen-bond donors (Lipinski definition) is 1. The Hall–Kier alpha value is -1.82. The van der Waals surface area contributed by atoms with Crippen molar-refractivity contribution in [2.75, 3.05) is 13.1 Å². The minimum absolute atomic E-state index is 0.303. The number of ether oxygens (including phenoxy) is 2. The molecular weight excluding hydrogens is 275 g/mol. The van der Waals surface area contributed by atoms with Gasteiger partial charge < -0.3 is 20.1 Å². The van der Waals surface area contributed by atoms with Gasteiger partial charge in [-0.2, -0.15) is 0 Å². The van der Waals surface area contributed by atoms with Gasteiger partial charge >= 0.3 is 6.09 Å². The molecule has 5 nitrogen and oxygen atoms in total. The molecule has 6 heteroatoms. The van der Waals surface area contributed by atoms with E-state index < -0.39 is 11.7 Å². The van der Waals surface area contributed by atoms with Gasteiger partial charge in [-0.05, 0) is 45.0 Å². The molecule has 1 aromatic rings.